The summed E-state index contributed by atoms with van der Waals surface area (Å²) in [6.07, 6.45) is 4.18. The number of piperidine rings is 1. The van der Waals surface area contributed by atoms with Crippen molar-refractivity contribution in [1.29, 1.82) is 0 Å². The molecule has 0 aliphatic carbocycles. The number of fused-ring (bicyclic) bond motifs is 1. The minimum atomic E-state index is -0.226. The fourth-order valence-electron chi connectivity index (χ4n) is 4.05. The molecule has 1 spiro atoms. The summed E-state index contributed by atoms with van der Waals surface area (Å²) in [6.45, 7) is 5.88. The Bertz CT molecular complexity index is 864. The second kappa shape index (κ2) is 7.34. The van der Waals surface area contributed by atoms with Crippen LogP contribution in [0.25, 0.3) is 10.8 Å². The van der Waals surface area contributed by atoms with Crippen LogP contribution in [0.2, 0.25) is 0 Å². The van der Waals surface area contributed by atoms with Crippen LogP contribution >= 0.6 is 0 Å². The van der Waals surface area contributed by atoms with Crippen LogP contribution in [0, 0.1) is 5.92 Å². The molecule has 4 rings (SSSR count). The van der Waals surface area contributed by atoms with Crippen LogP contribution in [0.3, 0.4) is 0 Å². The van der Waals surface area contributed by atoms with E-state index in [-0.39, 0.29) is 11.5 Å². The van der Waals surface area contributed by atoms with Crippen LogP contribution in [0.4, 0.5) is 0 Å². The topological polar surface area (TPSA) is 41.9 Å². The standard InChI is InChI=1S/C23H28N2O2/c1-17(2)7-10-22(26)25-13-11-23(12-14-25)16-21(24-27-23)20-9-8-18-5-3-4-6-19(18)15-20/h3-6,8-9,15,17H,7,10-14,16H2,1-2H3. The first-order valence-electron chi connectivity index (χ1n) is 10.1. The van der Waals surface area contributed by atoms with Gasteiger partial charge in [0.05, 0.1) is 5.71 Å². The third-order valence-electron chi connectivity index (χ3n) is 5.88. The van der Waals surface area contributed by atoms with Crippen molar-refractivity contribution >= 4 is 22.4 Å². The second-order valence-corrected chi connectivity index (χ2v) is 8.36. The van der Waals surface area contributed by atoms with Crippen molar-refractivity contribution in [2.24, 2.45) is 11.1 Å². The Balaban J connectivity index is 1.38. The van der Waals surface area contributed by atoms with Crippen LogP contribution in [0.15, 0.2) is 47.6 Å². The number of hydrogen-bond acceptors (Lipinski definition) is 3. The molecule has 4 nitrogen and oxygen atoms in total. The number of likely N-dealkylation sites (tertiary alicyclic amines) is 1. The van der Waals surface area contributed by atoms with Crippen LogP contribution in [0.5, 0.6) is 0 Å². The number of benzene rings is 2. The van der Waals surface area contributed by atoms with Gasteiger partial charge >= 0.3 is 0 Å². The molecule has 0 saturated carbocycles. The molecule has 0 aromatic heterocycles. The first-order valence-corrected chi connectivity index (χ1v) is 10.1. The predicted octanol–water partition coefficient (Wildman–Crippen LogP) is 4.76. The summed E-state index contributed by atoms with van der Waals surface area (Å²) >= 11 is 0. The minimum absolute atomic E-state index is 0.226. The molecule has 0 bridgehead atoms. The van der Waals surface area contributed by atoms with Gasteiger partial charge in [0.25, 0.3) is 0 Å². The van der Waals surface area contributed by atoms with E-state index in [0.717, 1.165) is 50.0 Å². The highest BCUT2D eigenvalue weighted by atomic mass is 16.7. The Hall–Kier alpha value is -2.36. The predicted molar refractivity (Wildman–Crippen MR) is 109 cm³/mol. The molecule has 0 unspecified atom stereocenters. The van der Waals surface area contributed by atoms with E-state index in [0.29, 0.717) is 12.3 Å². The number of nitrogens with zero attached hydrogens (tertiary/aromatic N) is 2. The average molecular weight is 364 g/mol. The number of oxime groups is 1. The summed E-state index contributed by atoms with van der Waals surface area (Å²) in [4.78, 5) is 20.3. The molecule has 4 heteroatoms. The van der Waals surface area contributed by atoms with Gasteiger partial charge in [-0.15, -0.1) is 0 Å². The Morgan fingerprint density at radius 3 is 2.63 bits per heavy atom. The quantitative estimate of drug-likeness (QED) is 0.785. The molecule has 1 amide bonds. The zero-order valence-electron chi connectivity index (χ0n) is 16.3. The molecule has 0 radical (unpaired) electrons. The smallest absolute Gasteiger partial charge is 0.222 e. The van der Waals surface area contributed by atoms with E-state index in [1.165, 1.54) is 10.8 Å². The molecule has 142 valence electrons. The van der Waals surface area contributed by atoms with Crippen LogP contribution in [-0.4, -0.2) is 35.2 Å². The molecular weight excluding hydrogens is 336 g/mol. The molecule has 2 heterocycles. The van der Waals surface area contributed by atoms with Crippen molar-refractivity contribution in [3.05, 3.63) is 48.0 Å². The first kappa shape index (κ1) is 18.0. The summed E-state index contributed by atoms with van der Waals surface area (Å²) < 4.78 is 0. The Morgan fingerprint density at radius 2 is 1.89 bits per heavy atom. The van der Waals surface area contributed by atoms with Crippen molar-refractivity contribution in [2.75, 3.05) is 13.1 Å². The van der Waals surface area contributed by atoms with E-state index in [2.05, 4.69) is 61.5 Å². The molecule has 1 saturated heterocycles. The minimum Gasteiger partial charge on any atom is -0.388 e. The highest BCUT2D eigenvalue weighted by Gasteiger charge is 2.43. The summed E-state index contributed by atoms with van der Waals surface area (Å²) in [5.41, 5.74) is 1.94. The van der Waals surface area contributed by atoms with Crippen molar-refractivity contribution in [3.8, 4) is 0 Å². The highest BCUT2D eigenvalue weighted by molar-refractivity contribution is 6.04. The van der Waals surface area contributed by atoms with E-state index in [9.17, 15) is 4.79 Å². The molecule has 2 aliphatic heterocycles. The van der Waals surface area contributed by atoms with Crippen molar-refractivity contribution < 1.29 is 9.63 Å². The van der Waals surface area contributed by atoms with Crippen LogP contribution < -0.4 is 0 Å². The number of hydrogen-bond donors (Lipinski definition) is 0. The van der Waals surface area contributed by atoms with Crippen LogP contribution in [-0.2, 0) is 9.63 Å². The number of rotatable bonds is 4. The largest absolute Gasteiger partial charge is 0.388 e. The zero-order valence-corrected chi connectivity index (χ0v) is 16.3. The lowest BCUT2D eigenvalue weighted by molar-refractivity contribution is -0.137. The summed E-state index contributed by atoms with van der Waals surface area (Å²) in [5, 5.41) is 6.90. The molecular formula is C23H28N2O2. The van der Waals surface area contributed by atoms with Gasteiger partial charge in [-0.2, -0.15) is 0 Å². The highest BCUT2D eigenvalue weighted by Crippen LogP contribution is 2.36. The SMILES string of the molecule is CC(C)CCC(=O)N1CCC2(CC1)CC(c1ccc3ccccc3c1)=NO2. The van der Waals surface area contributed by atoms with Gasteiger partial charge in [-0.1, -0.05) is 55.4 Å². The van der Waals surface area contributed by atoms with Crippen molar-refractivity contribution in [2.45, 2.75) is 51.6 Å². The van der Waals surface area contributed by atoms with Gasteiger partial charge in [-0.25, -0.2) is 0 Å². The van der Waals surface area contributed by atoms with E-state index < -0.39 is 0 Å². The Labute approximate surface area is 161 Å². The van der Waals surface area contributed by atoms with Crippen LogP contribution in [0.1, 0.15) is 51.5 Å². The van der Waals surface area contributed by atoms with Gasteiger partial charge in [-0.05, 0) is 29.2 Å². The normalized spacial score (nSPS) is 18.8. The lowest BCUT2D eigenvalue weighted by Gasteiger charge is -2.37. The second-order valence-electron chi connectivity index (χ2n) is 8.36. The van der Waals surface area contributed by atoms with E-state index in [1.807, 2.05) is 4.90 Å². The molecule has 0 atom stereocenters. The third-order valence-corrected chi connectivity index (χ3v) is 5.88. The molecule has 1 fully saturated rings. The Kier molecular flexibility index (Phi) is 4.90. The monoisotopic (exact) mass is 364 g/mol. The van der Waals surface area contributed by atoms with E-state index >= 15 is 0 Å². The lowest BCUT2D eigenvalue weighted by atomic mass is 9.85. The lowest BCUT2D eigenvalue weighted by Crippen LogP contribution is -2.46. The van der Waals surface area contributed by atoms with Crippen molar-refractivity contribution in [1.82, 2.24) is 4.90 Å². The average Bonchev–Trinajstić information content (AvgIpc) is 3.10. The molecule has 0 N–H and O–H groups in total. The summed E-state index contributed by atoms with van der Waals surface area (Å²) in [6, 6.07) is 14.9. The maximum atomic E-state index is 12.4. The maximum absolute atomic E-state index is 12.4. The van der Waals surface area contributed by atoms with E-state index in [4.69, 9.17) is 4.84 Å². The fraction of sp³-hybridized carbons (Fsp3) is 0.478. The molecule has 2 aromatic rings. The number of carbonyl (C=O) groups is 1. The van der Waals surface area contributed by atoms with E-state index in [1.54, 1.807) is 0 Å². The van der Waals surface area contributed by atoms with Gasteiger partial charge in [0, 0.05) is 44.3 Å². The van der Waals surface area contributed by atoms with Gasteiger partial charge in [0.1, 0.15) is 5.60 Å². The summed E-state index contributed by atoms with van der Waals surface area (Å²) in [5.74, 6) is 0.855. The third kappa shape index (κ3) is 3.85. The van der Waals surface area contributed by atoms with Gasteiger partial charge in [0.2, 0.25) is 5.91 Å². The van der Waals surface area contributed by atoms with Gasteiger partial charge in [-0.3, -0.25) is 4.79 Å². The number of amides is 1. The molecule has 2 aromatic carbocycles. The Morgan fingerprint density at radius 1 is 1.15 bits per heavy atom. The maximum Gasteiger partial charge on any atom is 0.222 e. The molecule has 2 aliphatic rings. The first-order chi connectivity index (χ1) is 13.0. The zero-order chi connectivity index (χ0) is 18.9. The van der Waals surface area contributed by atoms with Gasteiger partial charge in [0.15, 0.2) is 0 Å². The number of carbonyl (C=O) groups excluding carboxylic acids is 1. The summed E-state index contributed by atoms with van der Waals surface area (Å²) in [7, 11) is 0. The van der Waals surface area contributed by atoms with Gasteiger partial charge < -0.3 is 9.74 Å². The van der Waals surface area contributed by atoms with Crippen molar-refractivity contribution in [3.63, 3.8) is 0 Å². The fourth-order valence-corrected chi connectivity index (χ4v) is 4.05. The molecule has 27 heavy (non-hydrogen) atoms.